The Kier molecular flexibility index (Phi) is 8.92. The van der Waals surface area contributed by atoms with Gasteiger partial charge in [-0.1, -0.05) is 83.9 Å². The molecule has 2 aromatic carbocycles. The number of carbonyl (C=O) groups is 2. The van der Waals surface area contributed by atoms with Gasteiger partial charge in [-0.2, -0.15) is 0 Å². The maximum Gasteiger partial charge on any atom is 0.194 e. The van der Waals surface area contributed by atoms with Crippen LogP contribution >= 0.6 is 0 Å². The van der Waals surface area contributed by atoms with Gasteiger partial charge in [0.2, 0.25) is 0 Å². The number of rotatable bonds is 9. The molecular weight excluding hydrogens is 490 g/mol. The van der Waals surface area contributed by atoms with Crippen molar-refractivity contribution < 1.29 is 9.59 Å². The van der Waals surface area contributed by atoms with Crippen LogP contribution < -0.4 is 5.73 Å². The summed E-state index contributed by atoms with van der Waals surface area (Å²) < 4.78 is 0. The zero-order valence-corrected chi connectivity index (χ0v) is 26.8. The molecule has 0 saturated heterocycles. The first-order chi connectivity index (χ1) is 18.3. The largest absolute Gasteiger partial charge is 0.322 e. The number of carbonyl (C=O) groups excluding carboxylic acids is 2. The summed E-state index contributed by atoms with van der Waals surface area (Å²) in [6, 6.07) is 11.7. The smallest absolute Gasteiger partial charge is 0.194 e. The summed E-state index contributed by atoms with van der Waals surface area (Å²) in [5, 5.41) is 0. The predicted octanol–water partition coefficient (Wildman–Crippen LogP) is 9.25. The number of hydrogen-bond acceptors (Lipinski definition) is 3. The summed E-state index contributed by atoms with van der Waals surface area (Å²) in [7, 11) is 0. The van der Waals surface area contributed by atoms with Crippen molar-refractivity contribution in [2.24, 2.45) is 11.1 Å². The van der Waals surface area contributed by atoms with Gasteiger partial charge in [-0.05, 0) is 105 Å². The minimum absolute atomic E-state index is 0.0519. The van der Waals surface area contributed by atoms with Crippen molar-refractivity contribution >= 4 is 11.6 Å². The molecule has 0 saturated carbocycles. The molecule has 2 aromatic rings. The first-order valence-electron chi connectivity index (χ1n) is 14.8. The Morgan fingerprint density at radius 1 is 0.625 bits per heavy atom. The van der Waals surface area contributed by atoms with Crippen LogP contribution in [0.15, 0.2) is 59.7 Å². The first kappa shape index (κ1) is 31.7. The van der Waals surface area contributed by atoms with Crippen molar-refractivity contribution in [3.05, 3.63) is 93.1 Å². The minimum Gasteiger partial charge on any atom is -0.322 e. The third-order valence-corrected chi connectivity index (χ3v) is 9.22. The van der Waals surface area contributed by atoms with Gasteiger partial charge in [0.05, 0.1) is 0 Å². The fraction of sp³-hybridized carbons (Fsp3) is 0.514. The Labute approximate surface area is 243 Å². The number of nitrogens with two attached hydrogens (primary N) is 1. The quantitative estimate of drug-likeness (QED) is 0.275. The molecule has 2 N–H and O–H groups in total. The summed E-state index contributed by atoms with van der Waals surface area (Å²) in [4.78, 5) is 27.3. The SMILES string of the molecule is C/C(=C\CCC(C)(C)c1ccc2c(c1)C(=O)c1cc(C(C)(C)CC/C=C(\C)C(C)(C)N)ccc1C2=O)C(C)(C)C. The second-order valence-electron chi connectivity index (χ2n) is 14.8. The number of benzene rings is 2. The van der Waals surface area contributed by atoms with Crippen LogP contribution in [-0.4, -0.2) is 17.1 Å². The van der Waals surface area contributed by atoms with Crippen LogP contribution in [0.2, 0.25) is 0 Å². The molecule has 0 atom stereocenters. The number of fused-ring (bicyclic) bond motifs is 2. The molecule has 1 aliphatic carbocycles. The van der Waals surface area contributed by atoms with Gasteiger partial charge in [-0.15, -0.1) is 0 Å². The molecule has 216 valence electrons. The molecule has 1 aliphatic rings. The Morgan fingerprint density at radius 3 is 1.38 bits per heavy atom. The highest BCUT2D eigenvalue weighted by Crippen LogP contribution is 2.37. The van der Waals surface area contributed by atoms with Crippen molar-refractivity contribution in [1.29, 1.82) is 0 Å². The number of ketones is 2. The molecule has 0 bridgehead atoms. The molecule has 0 amide bonds. The standard InChI is InChI=1S/C37H51NO2/c1-24(34(3,4)5)14-12-20-35(6,7)26-16-18-28-30(22-26)33(40)31-23-27(17-19-29(31)32(28)39)36(8,9)21-13-15-25(2)37(10,11)38/h14-19,22-23H,12-13,20-21,38H2,1-11H3/b24-14+,25-15+. The average Bonchev–Trinajstić information content (AvgIpc) is 2.85. The van der Waals surface area contributed by atoms with Crippen LogP contribution in [0.3, 0.4) is 0 Å². The number of hydrogen-bond donors (Lipinski definition) is 1. The van der Waals surface area contributed by atoms with Gasteiger partial charge >= 0.3 is 0 Å². The first-order valence-corrected chi connectivity index (χ1v) is 14.8. The van der Waals surface area contributed by atoms with E-state index in [1.165, 1.54) is 11.1 Å². The molecule has 0 heterocycles. The van der Waals surface area contributed by atoms with E-state index in [0.717, 1.165) is 36.8 Å². The zero-order valence-electron chi connectivity index (χ0n) is 26.8. The lowest BCUT2D eigenvalue weighted by Gasteiger charge is -2.29. The lowest BCUT2D eigenvalue weighted by atomic mass is 9.74. The summed E-state index contributed by atoms with van der Waals surface area (Å²) in [6.45, 7) is 23.9. The summed E-state index contributed by atoms with van der Waals surface area (Å²) in [5.74, 6) is -0.116. The maximum absolute atomic E-state index is 13.9. The van der Waals surface area contributed by atoms with Crippen molar-refractivity contribution in [1.82, 2.24) is 0 Å². The molecule has 0 fully saturated rings. The van der Waals surface area contributed by atoms with Crippen LogP contribution in [0.4, 0.5) is 0 Å². The van der Waals surface area contributed by atoms with Gasteiger partial charge in [-0.3, -0.25) is 9.59 Å². The van der Waals surface area contributed by atoms with E-state index in [2.05, 4.69) is 74.5 Å². The highest BCUT2D eigenvalue weighted by molar-refractivity contribution is 6.28. The molecule has 3 nitrogen and oxygen atoms in total. The fourth-order valence-corrected chi connectivity index (χ4v) is 5.15. The highest BCUT2D eigenvalue weighted by Gasteiger charge is 2.33. The molecule has 0 aromatic heterocycles. The monoisotopic (exact) mass is 541 g/mol. The van der Waals surface area contributed by atoms with E-state index in [4.69, 9.17) is 5.73 Å². The summed E-state index contributed by atoms with van der Waals surface area (Å²) in [6.07, 6.45) is 8.30. The normalized spacial score (nSPS) is 15.3. The van der Waals surface area contributed by atoms with E-state index in [-0.39, 0.29) is 33.4 Å². The van der Waals surface area contributed by atoms with E-state index in [1.807, 2.05) is 50.2 Å². The van der Waals surface area contributed by atoms with Gasteiger partial charge in [0, 0.05) is 27.8 Å². The summed E-state index contributed by atoms with van der Waals surface area (Å²) in [5.41, 5.74) is 12.6. The Hall–Kier alpha value is -2.78. The van der Waals surface area contributed by atoms with Gasteiger partial charge in [0.25, 0.3) is 0 Å². The molecular formula is C37H51NO2. The van der Waals surface area contributed by atoms with E-state index in [0.29, 0.717) is 22.3 Å². The van der Waals surface area contributed by atoms with Crippen molar-refractivity contribution in [3.63, 3.8) is 0 Å². The third kappa shape index (κ3) is 6.92. The molecule has 3 heteroatoms. The average molecular weight is 542 g/mol. The lowest BCUT2D eigenvalue weighted by Crippen LogP contribution is -2.33. The van der Waals surface area contributed by atoms with E-state index in [1.54, 1.807) is 0 Å². The van der Waals surface area contributed by atoms with Crippen LogP contribution in [0.1, 0.15) is 145 Å². The van der Waals surface area contributed by atoms with E-state index in [9.17, 15) is 9.59 Å². The third-order valence-electron chi connectivity index (χ3n) is 9.22. The molecule has 0 spiro atoms. The second kappa shape index (κ2) is 11.2. The van der Waals surface area contributed by atoms with Crippen molar-refractivity contribution in [3.8, 4) is 0 Å². The Balaban J connectivity index is 1.88. The molecule has 0 unspecified atom stereocenters. The van der Waals surface area contributed by atoms with Crippen LogP contribution in [-0.2, 0) is 10.8 Å². The Bertz CT molecular complexity index is 1250. The molecule has 40 heavy (non-hydrogen) atoms. The molecule has 0 radical (unpaired) electrons. The van der Waals surface area contributed by atoms with Crippen LogP contribution in [0.5, 0.6) is 0 Å². The van der Waals surface area contributed by atoms with Crippen molar-refractivity contribution in [2.45, 2.75) is 118 Å². The highest BCUT2D eigenvalue weighted by atomic mass is 16.1. The predicted molar refractivity (Wildman–Crippen MR) is 170 cm³/mol. The maximum atomic E-state index is 13.9. The Morgan fingerprint density at radius 2 is 1.00 bits per heavy atom. The van der Waals surface area contributed by atoms with E-state index < -0.39 is 0 Å². The van der Waals surface area contributed by atoms with E-state index >= 15 is 0 Å². The van der Waals surface area contributed by atoms with Gasteiger partial charge in [-0.25, -0.2) is 0 Å². The fourth-order valence-electron chi connectivity index (χ4n) is 5.15. The van der Waals surface area contributed by atoms with Gasteiger partial charge in [0.1, 0.15) is 0 Å². The van der Waals surface area contributed by atoms with Gasteiger partial charge in [0.15, 0.2) is 11.6 Å². The van der Waals surface area contributed by atoms with Crippen LogP contribution in [0.25, 0.3) is 0 Å². The van der Waals surface area contributed by atoms with Gasteiger partial charge < -0.3 is 5.73 Å². The molecule has 0 aliphatic heterocycles. The second-order valence-corrected chi connectivity index (χ2v) is 14.8. The van der Waals surface area contributed by atoms with Crippen molar-refractivity contribution in [2.75, 3.05) is 0 Å². The zero-order chi connectivity index (χ0) is 30.3. The van der Waals surface area contributed by atoms with Crippen LogP contribution in [0, 0.1) is 5.41 Å². The summed E-state index contributed by atoms with van der Waals surface area (Å²) >= 11 is 0. The minimum atomic E-state index is -0.328. The molecule has 3 rings (SSSR count). The topological polar surface area (TPSA) is 60.2 Å². The number of allylic oxidation sites excluding steroid dienone is 3. The lowest BCUT2D eigenvalue weighted by molar-refractivity contribution is 0.0978.